The number of sulfonamides is 1. The Bertz CT molecular complexity index is 930. The number of nitrogens with one attached hydrogen (secondary N) is 1. The quantitative estimate of drug-likeness (QED) is 0.597. The molecule has 0 unspecified atom stereocenters. The molecule has 2 rings (SSSR count). The van der Waals surface area contributed by atoms with Gasteiger partial charge in [-0.2, -0.15) is 0 Å². The molecule has 0 heterocycles. The van der Waals surface area contributed by atoms with Crippen LogP contribution in [0.4, 0.5) is 5.69 Å². The van der Waals surface area contributed by atoms with Gasteiger partial charge >= 0.3 is 0 Å². The van der Waals surface area contributed by atoms with Crippen molar-refractivity contribution in [1.29, 1.82) is 0 Å². The minimum Gasteiger partial charge on any atom is -0.497 e. The summed E-state index contributed by atoms with van der Waals surface area (Å²) in [6.45, 7) is 2.01. The van der Waals surface area contributed by atoms with Crippen LogP contribution < -0.4 is 19.1 Å². The Morgan fingerprint density at radius 3 is 2.31 bits per heavy atom. The number of aryl methyl sites for hydroxylation is 1. The molecule has 0 radical (unpaired) electrons. The highest BCUT2D eigenvalue weighted by molar-refractivity contribution is 7.92. The standard InChI is InChI=1S/C21H28N2O5S/c1-16(23(29(4,25)26)18-10-6-12-20(15-18)28-3)21(24)22-13-7-9-17-8-5-11-19(14-17)27-2/h5-6,8,10-12,14-16H,7,9,13H2,1-4H3,(H,22,24)/t16-/m0/s1. The Kier molecular flexibility index (Phi) is 7.90. The van der Waals surface area contributed by atoms with Crippen LogP contribution >= 0.6 is 0 Å². The van der Waals surface area contributed by atoms with Gasteiger partial charge in [0.25, 0.3) is 0 Å². The largest absolute Gasteiger partial charge is 0.497 e. The van der Waals surface area contributed by atoms with E-state index in [4.69, 9.17) is 9.47 Å². The van der Waals surface area contributed by atoms with Crippen LogP contribution in [0.25, 0.3) is 0 Å². The number of carbonyl (C=O) groups is 1. The molecule has 2 aromatic rings. The number of nitrogens with zero attached hydrogens (tertiary/aromatic N) is 1. The van der Waals surface area contributed by atoms with Crippen molar-refractivity contribution in [2.45, 2.75) is 25.8 Å². The zero-order valence-electron chi connectivity index (χ0n) is 17.2. The first-order valence-corrected chi connectivity index (χ1v) is 11.1. The fourth-order valence-electron chi connectivity index (χ4n) is 3.04. The molecule has 158 valence electrons. The second kappa shape index (κ2) is 10.2. The fraction of sp³-hybridized carbons (Fsp3) is 0.381. The van der Waals surface area contributed by atoms with E-state index in [1.807, 2.05) is 24.3 Å². The van der Waals surface area contributed by atoms with Crippen molar-refractivity contribution in [3.63, 3.8) is 0 Å². The average Bonchev–Trinajstić information content (AvgIpc) is 2.70. The van der Waals surface area contributed by atoms with Gasteiger partial charge in [-0.05, 0) is 49.6 Å². The summed E-state index contributed by atoms with van der Waals surface area (Å²) in [7, 11) is -0.541. The van der Waals surface area contributed by atoms with Crippen molar-refractivity contribution in [2.24, 2.45) is 0 Å². The van der Waals surface area contributed by atoms with Gasteiger partial charge in [0.2, 0.25) is 15.9 Å². The van der Waals surface area contributed by atoms with E-state index < -0.39 is 16.1 Å². The first kappa shape index (κ1) is 22.5. The zero-order valence-corrected chi connectivity index (χ0v) is 18.0. The van der Waals surface area contributed by atoms with Gasteiger partial charge in [-0.1, -0.05) is 18.2 Å². The van der Waals surface area contributed by atoms with Crippen molar-refractivity contribution in [2.75, 3.05) is 31.3 Å². The zero-order chi connectivity index (χ0) is 21.4. The molecule has 0 bridgehead atoms. The molecule has 0 saturated heterocycles. The molecule has 0 saturated carbocycles. The summed E-state index contributed by atoms with van der Waals surface area (Å²) in [5.41, 5.74) is 1.49. The molecular weight excluding hydrogens is 392 g/mol. The number of benzene rings is 2. The molecule has 0 aliphatic rings. The van der Waals surface area contributed by atoms with Gasteiger partial charge in [0, 0.05) is 12.6 Å². The Morgan fingerprint density at radius 1 is 1.07 bits per heavy atom. The predicted octanol–water partition coefficient (Wildman–Crippen LogP) is 2.61. The molecule has 7 nitrogen and oxygen atoms in total. The lowest BCUT2D eigenvalue weighted by atomic mass is 10.1. The summed E-state index contributed by atoms with van der Waals surface area (Å²) >= 11 is 0. The Balaban J connectivity index is 1.99. The molecule has 29 heavy (non-hydrogen) atoms. The van der Waals surface area contributed by atoms with E-state index in [0.717, 1.165) is 34.7 Å². The summed E-state index contributed by atoms with van der Waals surface area (Å²) in [6.07, 6.45) is 2.58. The smallest absolute Gasteiger partial charge is 0.243 e. The summed E-state index contributed by atoms with van der Waals surface area (Å²) in [6, 6.07) is 13.5. The Labute approximate surface area is 172 Å². The number of rotatable bonds is 10. The van der Waals surface area contributed by atoms with Crippen LogP contribution in [0.5, 0.6) is 11.5 Å². The number of carbonyl (C=O) groups excluding carboxylic acids is 1. The SMILES string of the molecule is COc1cccc(CCCNC(=O)[C@H](C)N(c2cccc(OC)c2)S(C)(=O)=O)c1. The van der Waals surface area contributed by atoms with Crippen molar-refractivity contribution in [3.05, 3.63) is 54.1 Å². The summed E-state index contributed by atoms with van der Waals surface area (Å²) < 4.78 is 36.2. The molecular formula is C21H28N2O5S. The monoisotopic (exact) mass is 420 g/mol. The minimum absolute atomic E-state index is 0.358. The molecule has 0 aromatic heterocycles. The maximum absolute atomic E-state index is 12.6. The van der Waals surface area contributed by atoms with Crippen LogP contribution in [-0.4, -0.2) is 47.4 Å². The number of amides is 1. The third-order valence-corrected chi connectivity index (χ3v) is 5.71. The first-order chi connectivity index (χ1) is 13.8. The predicted molar refractivity (Wildman–Crippen MR) is 114 cm³/mol. The molecule has 0 fully saturated rings. The van der Waals surface area contributed by atoms with E-state index in [-0.39, 0.29) is 5.91 Å². The van der Waals surface area contributed by atoms with E-state index in [1.54, 1.807) is 38.3 Å². The number of ether oxygens (including phenoxy) is 2. The van der Waals surface area contributed by atoms with Crippen LogP contribution in [0.3, 0.4) is 0 Å². The van der Waals surface area contributed by atoms with Crippen LogP contribution in [0, 0.1) is 0 Å². The molecule has 2 aromatic carbocycles. The molecule has 0 aliphatic carbocycles. The molecule has 0 aliphatic heterocycles. The first-order valence-electron chi connectivity index (χ1n) is 9.30. The molecule has 1 amide bonds. The summed E-state index contributed by atoms with van der Waals surface area (Å²) in [5.74, 6) is 0.952. The van der Waals surface area contributed by atoms with Crippen LogP contribution in [0.2, 0.25) is 0 Å². The third-order valence-electron chi connectivity index (χ3n) is 4.47. The van der Waals surface area contributed by atoms with E-state index in [1.165, 1.54) is 7.11 Å². The topological polar surface area (TPSA) is 84.9 Å². The van der Waals surface area contributed by atoms with Crippen LogP contribution in [-0.2, 0) is 21.2 Å². The lowest BCUT2D eigenvalue weighted by Gasteiger charge is -2.28. The van der Waals surface area contributed by atoms with Crippen molar-refractivity contribution in [3.8, 4) is 11.5 Å². The number of methoxy groups -OCH3 is 2. The number of hydrogen-bond donors (Lipinski definition) is 1. The van der Waals surface area contributed by atoms with E-state index in [0.29, 0.717) is 18.0 Å². The van der Waals surface area contributed by atoms with Crippen LogP contribution in [0.15, 0.2) is 48.5 Å². The molecule has 1 atom stereocenters. The molecule has 1 N–H and O–H groups in total. The Hall–Kier alpha value is -2.74. The van der Waals surface area contributed by atoms with E-state index in [2.05, 4.69) is 5.32 Å². The number of hydrogen-bond acceptors (Lipinski definition) is 5. The van der Waals surface area contributed by atoms with Crippen LogP contribution in [0.1, 0.15) is 18.9 Å². The summed E-state index contributed by atoms with van der Waals surface area (Å²) in [4.78, 5) is 12.6. The Morgan fingerprint density at radius 2 is 1.69 bits per heavy atom. The van der Waals surface area contributed by atoms with Crippen molar-refractivity contribution in [1.82, 2.24) is 5.32 Å². The van der Waals surface area contributed by atoms with Gasteiger partial charge in [0.1, 0.15) is 17.5 Å². The van der Waals surface area contributed by atoms with E-state index in [9.17, 15) is 13.2 Å². The lowest BCUT2D eigenvalue weighted by Crippen LogP contribution is -2.48. The molecule has 8 heteroatoms. The average molecular weight is 421 g/mol. The van der Waals surface area contributed by atoms with Gasteiger partial charge in [-0.3, -0.25) is 9.10 Å². The van der Waals surface area contributed by atoms with Gasteiger partial charge in [-0.15, -0.1) is 0 Å². The van der Waals surface area contributed by atoms with Gasteiger partial charge in [0.05, 0.1) is 26.2 Å². The fourth-order valence-corrected chi connectivity index (χ4v) is 4.20. The van der Waals surface area contributed by atoms with E-state index >= 15 is 0 Å². The maximum Gasteiger partial charge on any atom is 0.243 e. The molecule has 0 spiro atoms. The second-order valence-electron chi connectivity index (χ2n) is 6.68. The van der Waals surface area contributed by atoms with Crippen molar-refractivity contribution >= 4 is 21.6 Å². The number of anilines is 1. The summed E-state index contributed by atoms with van der Waals surface area (Å²) in [5, 5.41) is 2.82. The van der Waals surface area contributed by atoms with Gasteiger partial charge in [0.15, 0.2) is 0 Å². The highest BCUT2D eigenvalue weighted by Crippen LogP contribution is 2.25. The second-order valence-corrected chi connectivity index (χ2v) is 8.54. The van der Waals surface area contributed by atoms with Gasteiger partial charge in [-0.25, -0.2) is 8.42 Å². The third kappa shape index (κ3) is 6.39. The van der Waals surface area contributed by atoms with Crippen molar-refractivity contribution < 1.29 is 22.7 Å². The normalized spacial score (nSPS) is 12.1. The van der Waals surface area contributed by atoms with Gasteiger partial charge < -0.3 is 14.8 Å². The highest BCUT2D eigenvalue weighted by atomic mass is 32.2. The maximum atomic E-state index is 12.6. The minimum atomic E-state index is -3.67. The lowest BCUT2D eigenvalue weighted by molar-refractivity contribution is -0.121. The highest BCUT2D eigenvalue weighted by Gasteiger charge is 2.29.